The van der Waals surface area contributed by atoms with E-state index >= 15 is 0 Å². The van der Waals surface area contributed by atoms with Crippen LogP contribution in [0.25, 0.3) is 0 Å². The number of hydrogen-bond donors (Lipinski definition) is 0. The van der Waals surface area contributed by atoms with Crippen LogP contribution in [0.4, 0.5) is 4.79 Å². The van der Waals surface area contributed by atoms with Crippen molar-refractivity contribution in [1.29, 1.82) is 0 Å². The minimum Gasteiger partial charge on any atom is -0.444 e. The van der Waals surface area contributed by atoms with Crippen LogP contribution >= 0.6 is 0 Å². The van der Waals surface area contributed by atoms with Gasteiger partial charge in [-0.15, -0.1) is 6.58 Å². The summed E-state index contributed by atoms with van der Waals surface area (Å²) in [6, 6.07) is 0. The van der Waals surface area contributed by atoms with Gasteiger partial charge in [-0.3, -0.25) is 0 Å². The number of rotatable bonds is 3. The summed E-state index contributed by atoms with van der Waals surface area (Å²) in [4.78, 5) is 13.9. The van der Waals surface area contributed by atoms with Gasteiger partial charge in [0.2, 0.25) is 0 Å². The van der Waals surface area contributed by atoms with Crippen molar-refractivity contribution in [1.82, 2.24) is 4.90 Å². The molecule has 0 aliphatic heterocycles. The Kier molecular flexibility index (Phi) is 4.23. The zero-order valence-corrected chi connectivity index (χ0v) is 11.6. The lowest BCUT2D eigenvalue weighted by atomic mass is 9.92. The summed E-state index contributed by atoms with van der Waals surface area (Å²) in [5, 5.41) is 0. The summed E-state index contributed by atoms with van der Waals surface area (Å²) < 4.78 is 5.44. The van der Waals surface area contributed by atoms with Crippen LogP contribution in [0.3, 0.4) is 0 Å². The van der Waals surface area contributed by atoms with E-state index in [1.165, 1.54) is 12.8 Å². The highest BCUT2D eigenvalue weighted by Crippen LogP contribution is 2.38. The molecular weight excluding hydrogens is 214 g/mol. The van der Waals surface area contributed by atoms with Crippen LogP contribution in [0, 0.1) is 0 Å². The first-order valence-corrected chi connectivity index (χ1v) is 6.38. The second kappa shape index (κ2) is 5.11. The Bertz CT molecular complexity index is 285. The summed E-state index contributed by atoms with van der Waals surface area (Å²) >= 11 is 0. The van der Waals surface area contributed by atoms with Gasteiger partial charge >= 0.3 is 6.09 Å². The van der Waals surface area contributed by atoms with Crippen molar-refractivity contribution in [2.45, 2.75) is 64.0 Å². The van der Waals surface area contributed by atoms with E-state index < -0.39 is 5.60 Å². The van der Waals surface area contributed by atoms with Gasteiger partial charge in [-0.2, -0.15) is 0 Å². The van der Waals surface area contributed by atoms with E-state index in [1.807, 2.05) is 33.9 Å². The van der Waals surface area contributed by atoms with Gasteiger partial charge < -0.3 is 9.64 Å². The molecule has 0 aromatic heterocycles. The average Bonchev–Trinajstić information content (AvgIpc) is 2.64. The van der Waals surface area contributed by atoms with E-state index in [0.717, 1.165) is 19.3 Å². The van der Waals surface area contributed by atoms with E-state index in [0.29, 0.717) is 0 Å². The predicted molar refractivity (Wildman–Crippen MR) is 70.0 cm³/mol. The summed E-state index contributed by atoms with van der Waals surface area (Å²) in [6.07, 6.45) is 7.00. The quantitative estimate of drug-likeness (QED) is 0.702. The molecule has 1 fully saturated rings. The van der Waals surface area contributed by atoms with Gasteiger partial charge in [-0.25, -0.2) is 4.79 Å². The molecule has 0 aromatic rings. The molecule has 0 saturated heterocycles. The van der Waals surface area contributed by atoms with Crippen molar-refractivity contribution >= 4 is 6.09 Å². The molecule has 0 spiro atoms. The zero-order valence-electron chi connectivity index (χ0n) is 11.6. The van der Waals surface area contributed by atoms with Crippen LogP contribution in [0.5, 0.6) is 0 Å². The maximum absolute atomic E-state index is 12.1. The van der Waals surface area contributed by atoms with Gasteiger partial charge in [0.05, 0.1) is 0 Å². The van der Waals surface area contributed by atoms with Crippen molar-refractivity contribution in [2.24, 2.45) is 0 Å². The largest absolute Gasteiger partial charge is 0.444 e. The number of carbonyl (C=O) groups is 1. The molecule has 0 N–H and O–H groups in total. The van der Waals surface area contributed by atoms with E-state index in [2.05, 4.69) is 6.58 Å². The third-order valence-corrected chi connectivity index (χ3v) is 3.44. The molecule has 0 aromatic carbocycles. The molecular formula is C14H25NO2. The Morgan fingerprint density at radius 3 is 2.35 bits per heavy atom. The highest BCUT2D eigenvalue weighted by molar-refractivity contribution is 5.69. The molecule has 3 nitrogen and oxygen atoms in total. The van der Waals surface area contributed by atoms with Crippen molar-refractivity contribution in [2.75, 3.05) is 7.05 Å². The third-order valence-electron chi connectivity index (χ3n) is 3.44. The fraction of sp³-hybridized carbons (Fsp3) is 0.786. The lowest BCUT2D eigenvalue weighted by Gasteiger charge is -2.39. The Morgan fingerprint density at radius 2 is 1.94 bits per heavy atom. The Morgan fingerprint density at radius 1 is 1.41 bits per heavy atom. The van der Waals surface area contributed by atoms with Crippen LogP contribution < -0.4 is 0 Å². The molecule has 1 amide bonds. The molecule has 1 saturated carbocycles. The molecule has 0 radical (unpaired) electrons. The fourth-order valence-corrected chi connectivity index (χ4v) is 2.50. The molecule has 0 unspecified atom stereocenters. The molecule has 1 aliphatic carbocycles. The minimum absolute atomic E-state index is 0.0654. The SMILES string of the molecule is C=CCC1(N(C)C(=O)OC(C)(C)C)CCCC1. The maximum atomic E-state index is 12.1. The van der Waals surface area contributed by atoms with Crippen LogP contribution in [0.1, 0.15) is 52.9 Å². The summed E-state index contributed by atoms with van der Waals surface area (Å²) in [5.74, 6) is 0. The zero-order chi connectivity index (χ0) is 13.1. The maximum Gasteiger partial charge on any atom is 0.410 e. The standard InChI is InChI=1S/C14H25NO2/c1-6-9-14(10-7-8-11-14)15(5)12(16)17-13(2,3)4/h6H,1,7-11H2,2-5H3. The molecule has 98 valence electrons. The van der Waals surface area contributed by atoms with Gasteiger partial charge in [0.1, 0.15) is 5.60 Å². The lowest BCUT2D eigenvalue weighted by Crippen LogP contribution is -2.49. The van der Waals surface area contributed by atoms with Crippen LogP contribution in [-0.2, 0) is 4.74 Å². The highest BCUT2D eigenvalue weighted by atomic mass is 16.6. The number of amides is 1. The van der Waals surface area contributed by atoms with Crippen molar-refractivity contribution in [3.05, 3.63) is 12.7 Å². The first-order chi connectivity index (χ1) is 7.81. The van der Waals surface area contributed by atoms with Gasteiger partial charge in [0.25, 0.3) is 0 Å². The first-order valence-electron chi connectivity index (χ1n) is 6.38. The number of carbonyl (C=O) groups excluding carboxylic acids is 1. The van der Waals surface area contributed by atoms with Crippen LogP contribution in [-0.4, -0.2) is 29.2 Å². The van der Waals surface area contributed by atoms with Gasteiger partial charge in [0.15, 0.2) is 0 Å². The van der Waals surface area contributed by atoms with Gasteiger partial charge in [-0.05, 0) is 40.0 Å². The number of ether oxygens (including phenoxy) is 1. The molecule has 3 heteroatoms. The summed E-state index contributed by atoms with van der Waals surface area (Å²) in [6.45, 7) is 9.50. The Labute approximate surface area is 105 Å². The number of hydrogen-bond acceptors (Lipinski definition) is 2. The second-order valence-electron chi connectivity index (χ2n) is 5.96. The smallest absolute Gasteiger partial charge is 0.410 e. The molecule has 1 rings (SSSR count). The van der Waals surface area contributed by atoms with E-state index in [4.69, 9.17) is 4.74 Å². The van der Waals surface area contributed by atoms with Crippen molar-refractivity contribution in [3.8, 4) is 0 Å². The number of nitrogens with zero attached hydrogens (tertiary/aromatic N) is 1. The van der Waals surface area contributed by atoms with Crippen LogP contribution in [0.2, 0.25) is 0 Å². The van der Waals surface area contributed by atoms with E-state index in [9.17, 15) is 4.79 Å². The molecule has 0 atom stereocenters. The van der Waals surface area contributed by atoms with E-state index in [-0.39, 0.29) is 11.6 Å². The topological polar surface area (TPSA) is 29.5 Å². The van der Waals surface area contributed by atoms with Crippen LogP contribution in [0.15, 0.2) is 12.7 Å². The lowest BCUT2D eigenvalue weighted by molar-refractivity contribution is 0.00630. The van der Waals surface area contributed by atoms with E-state index in [1.54, 1.807) is 4.90 Å². The Hall–Kier alpha value is -0.990. The monoisotopic (exact) mass is 239 g/mol. The van der Waals surface area contributed by atoms with Gasteiger partial charge in [0, 0.05) is 12.6 Å². The molecule has 0 heterocycles. The van der Waals surface area contributed by atoms with Crippen molar-refractivity contribution < 1.29 is 9.53 Å². The summed E-state index contributed by atoms with van der Waals surface area (Å²) in [7, 11) is 1.85. The normalized spacial score (nSPS) is 18.8. The fourth-order valence-electron chi connectivity index (χ4n) is 2.50. The highest BCUT2D eigenvalue weighted by Gasteiger charge is 2.40. The molecule has 1 aliphatic rings. The third kappa shape index (κ3) is 3.48. The minimum atomic E-state index is -0.431. The average molecular weight is 239 g/mol. The molecule has 17 heavy (non-hydrogen) atoms. The summed E-state index contributed by atoms with van der Waals surface area (Å²) in [5.41, 5.74) is -0.497. The first kappa shape index (κ1) is 14.1. The predicted octanol–water partition coefficient (Wildman–Crippen LogP) is 3.74. The second-order valence-corrected chi connectivity index (χ2v) is 5.96. The van der Waals surface area contributed by atoms with Gasteiger partial charge in [-0.1, -0.05) is 18.9 Å². The van der Waals surface area contributed by atoms with Crippen molar-refractivity contribution in [3.63, 3.8) is 0 Å². The Balaban J connectivity index is 2.74. The molecule has 0 bridgehead atoms.